The molecule has 0 aromatic rings. The summed E-state index contributed by atoms with van der Waals surface area (Å²) in [5, 5.41) is 9.90. The third-order valence-electron chi connectivity index (χ3n) is 14.4. The molecule has 0 bridgehead atoms. The Kier molecular flexibility index (Phi) is 43.0. The number of ether oxygens (including phenoxy) is 1. The number of rotatable bonds is 50. The lowest BCUT2D eigenvalue weighted by Gasteiger charge is -2.33. The first kappa shape index (κ1) is 73.0. The van der Waals surface area contributed by atoms with Crippen LogP contribution in [-0.2, 0) is 33.5 Å². The molecule has 446 valence electrons. The van der Waals surface area contributed by atoms with Crippen LogP contribution in [-0.4, -0.2) is 208 Å². The Balaban J connectivity index is 5.78. The highest BCUT2D eigenvalue weighted by atomic mass is 16.5. The van der Waals surface area contributed by atoms with Gasteiger partial charge in [0.15, 0.2) is 0 Å². The molecule has 0 atom stereocenters. The molecular formula is C60H119N9O7. The largest absolute Gasteiger partial charge is 0.469 e. The van der Waals surface area contributed by atoms with Gasteiger partial charge in [-0.05, 0) is 97.4 Å². The topological polar surface area (TPSA) is 167 Å². The predicted octanol–water partition coefficient (Wildman–Crippen LogP) is 7.77. The quantitative estimate of drug-likeness (QED) is 0.0400. The average Bonchev–Trinajstić information content (AvgIpc) is 3.35. The van der Waals surface area contributed by atoms with Gasteiger partial charge in [-0.25, -0.2) is 0 Å². The molecule has 0 aromatic carbocycles. The van der Waals surface area contributed by atoms with Crippen molar-refractivity contribution in [2.75, 3.05) is 125 Å². The molecule has 3 amide bonds. The second-order valence-electron chi connectivity index (χ2n) is 23.9. The van der Waals surface area contributed by atoms with Crippen molar-refractivity contribution in [3.63, 3.8) is 0 Å². The van der Waals surface area contributed by atoms with Gasteiger partial charge in [0.25, 0.3) is 0 Å². The summed E-state index contributed by atoms with van der Waals surface area (Å²) in [4.78, 5) is 91.5. The first-order valence-electron chi connectivity index (χ1n) is 30.2. The van der Waals surface area contributed by atoms with E-state index in [2.05, 4.69) is 132 Å². The number of amides is 3. The highest BCUT2D eigenvalue weighted by molar-refractivity contribution is 5.79. The van der Waals surface area contributed by atoms with Gasteiger partial charge in [0.2, 0.25) is 17.7 Å². The number of esters is 1. The van der Waals surface area contributed by atoms with Gasteiger partial charge in [-0.15, -0.1) is 0 Å². The van der Waals surface area contributed by atoms with Crippen LogP contribution in [0.5, 0.6) is 0 Å². The average molecular weight is 1080 g/mol. The molecule has 0 fully saturated rings. The summed E-state index contributed by atoms with van der Waals surface area (Å²) < 4.78 is 4.79. The number of methoxy groups -OCH3 is 1. The van der Waals surface area contributed by atoms with Gasteiger partial charge in [-0.2, -0.15) is 0 Å². The Morgan fingerprint density at radius 2 is 0.882 bits per heavy atom. The summed E-state index contributed by atoms with van der Waals surface area (Å²) >= 11 is 0. The third-order valence-corrected chi connectivity index (χ3v) is 14.4. The maximum Gasteiger partial charge on any atom is 0.306 e. The Labute approximate surface area is 466 Å². The summed E-state index contributed by atoms with van der Waals surface area (Å²) in [7, 11) is 1.40. The van der Waals surface area contributed by atoms with Crippen molar-refractivity contribution in [1.82, 2.24) is 45.3 Å². The van der Waals surface area contributed by atoms with Gasteiger partial charge in [0.05, 0.1) is 13.5 Å². The Bertz CT molecular complexity index is 1530. The number of hydrogen-bond acceptors (Lipinski definition) is 13. The van der Waals surface area contributed by atoms with E-state index in [-0.39, 0.29) is 35.5 Å². The van der Waals surface area contributed by atoms with E-state index in [0.717, 1.165) is 58.2 Å². The van der Waals surface area contributed by atoms with Crippen LogP contribution in [0.15, 0.2) is 0 Å². The molecule has 0 radical (unpaired) electrons. The van der Waals surface area contributed by atoms with Crippen molar-refractivity contribution < 1.29 is 33.5 Å². The van der Waals surface area contributed by atoms with Crippen LogP contribution >= 0.6 is 0 Å². The molecule has 0 saturated carbocycles. The van der Waals surface area contributed by atoms with Crippen LogP contribution in [0.4, 0.5) is 0 Å². The molecule has 0 spiro atoms. The summed E-state index contributed by atoms with van der Waals surface area (Å²) in [5.74, 6) is 2.58. The van der Waals surface area contributed by atoms with Crippen molar-refractivity contribution in [2.45, 2.75) is 205 Å². The molecule has 0 aliphatic carbocycles. The normalized spacial score (nSPS) is 12.1. The Hall–Kier alpha value is -3.02. The molecule has 0 aliphatic rings. The van der Waals surface area contributed by atoms with Crippen molar-refractivity contribution in [2.24, 2.45) is 23.7 Å². The lowest BCUT2D eigenvalue weighted by atomic mass is 10.0. The SMILES string of the molecule is COC(=O)CCN(CCNCCC(=O)NCCN(CCN(C(C)C)C(C)C)C(=O)CCNCCN(CCC(=O)CCC(C)C)CCN(CCCCC(C)C)C(=O)CCN(CCC(=O)CCC(C)C)CCC(C)C)C(C)C. The molecule has 0 saturated heterocycles. The predicted molar refractivity (Wildman–Crippen MR) is 314 cm³/mol. The van der Waals surface area contributed by atoms with Crippen molar-refractivity contribution >= 4 is 35.3 Å². The van der Waals surface area contributed by atoms with E-state index in [4.69, 9.17) is 4.74 Å². The number of unbranched alkanes of at least 4 members (excludes halogenated alkanes) is 1. The highest BCUT2D eigenvalue weighted by Gasteiger charge is 2.21. The van der Waals surface area contributed by atoms with Crippen molar-refractivity contribution in [3.05, 3.63) is 0 Å². The summed E-state index contributed by atoms with van der Waals surface area (Å²) in [5.41, 5.74) is 0. The van der Waals surface area contributed by atoms with E-state index >= 15 is 0 Å². The summed E-state index contributed by atoms with van der Waals surface area (Å²) in [6, 6.07) is 0.934. The second-order valence-corrected chi connectivity index (χ2v) is 23.9. The monoisotopic (exact) mass is 1080 g/mol. The Morgan fingerprint density at radius 1 is 0.382 bits per heavy atom. The van der Waals surface area contributed by atoms with Crippen LogP contribution in [0.25, 0.3) is 0 Å². The number of nitrogens with one attached hydrogen (secondary N) is 3. The minimum absolute atomic E-state index is 0.0394. The van der Waals surface area contributed by atoms with E-state index in [9.17, 15) is 28.8 Å². The number of Topliss-reactive ketones (excluding diaryl/α,β-unsaturated/α-hetero) is 2. The molecule has 0 aromatic heterocycles. The standard InChI is InChI=1S/C60H119N9O7/c1-48(2)18-16-17-35-67(59(74)28-39-64(36-25-51(7)8)37-26-55(70)21-19-49(3)4)45-44-65(38-27-56(71)22-20-50(5)6)41-32-62-31-24-58(73)68(46-47-69(53(11)12)54(13)14)43-34-63-57(72)23-30-61-33-42-66(52(9)10)40-29-60(75)76-15/h48-54,61-62H,16-47H2,1-15H3,(H,63,72). The maximum absolute atomic E-state index is 14.1. The van der Waals surface area contributed by atoms with Gasteiger partial charge >= 0.3 is 5.97 Å². The van der Waals surface area contributed by atoms with E-state index in [0.29, 0.717) is 191 Å². The summed E-state index contributed by atoms with van der Waals surface area (Å²) in [6.45, 7) is 41.7. The molecule has 16 heteroatoms. The fourth-order valence-corrected chi connectivity index (χ4v) is 9.08. The van der Waals surface area contributed by atoms with E-state index in [1.807, 2.05) is 9.80 Å². The first-order valence-corrected chi connectivity index (χ1v) is 30.2. The van der Waals surface area contributed by atoms with Gasteiger partial charge < -0.3 is 35.4 Å². The number of hydrogen-bond donors (Lipinski definition) is 3. The van der Waals surface area contributed by atoms with Crippen LogP contribution in [0, 0.1) is 23.7 Å². The summed E-state index contributed by atoms with van der Waals surface area (Å²) in [6.07, 6.45) is 9.54. The molecule has 0 heterocycles. The van der Waals surface area contributed by atoms with E-state index in [1.165, 1.54) is 7.11 Å². The molecule has 16 nitrogen and oxygen atoms in total. The lowest BCUT2D eigenvalue weighted by Crippen LogP contribution is -2.46. The zero-order valence-electron chi connectivity index (χ0n) is 51.7. The molecule has 0 aliphatic heterocycles. The number of carbonyl (C=O) groups is 6. The molecular weight excluding hydrogens is 959 g/mol. The first-order chi connectivity index (χ1) is 35.9. The van der Waals surface area contributed by atoms with Crippen molar-refractivity contribution in [1.29, 1.82) is 0 Å². The minimum Gasteiger partial charge on any atom is -0.469 e. The fraction of sp³-hybridized carbons (Fsp3) is 0.900. The number of ketones is 2. The smallest absolute Gasteiger partial charge is 0.306 e. The van der Waals surface area contributed by atoms with Gasteiger partial charge in [-0.3, -0.25) is 43.5 Å². The minimum atomic E-state index is -0.222. The van der Waals surface area contributed by atoms with E-state index in [1.54, 1.807) is 0 Å². The molecule has 0 rings (SSSR count). The molecule has 0 unspecified atom stereocenters. The molecule has 3 N–H and O–H groups in total. The number of nitrogens with zero attached hydrogens (tertiary/aromatic N) is 6. The van der Waals surface area contributed by atoms with Crippen LogP contribution in [0.1, 0.15) is 187 Å². The Morgan fingerprint density at radius 3 is 1.42 bits per heavy atom. The maximum atomic E-state index is 14.1. The zero-order valence-corrected chi connectivity index (χ0v) is 51.7. The van der Waals surface area contributed by atoms with Crippen LogP contribution in [0.3, 0.4) is 0 Å². The van der Waals surface area contributed by atoms with Crippen molar-refractivity contribution in [3.8, 4) is 0 Å². The number of carbonyl (C=O) groups excluding carboxylic acids is 6. The lowest BCUT2D eigenvalue weighted by molar-refractivity contribution is -0.141. The fourth-order valence-electron chi connectivity index (χ4n) is 9.08. The van der Waals surface area contributed by atoms with Gasteiger partial charge in [-0.1, -0.05) is 68.2 Å². The highest BCUT2D eigenvalue weighted by Crippen LogP contribution is 2.13. The molecule has 76 heavy (non-hydrogen) atoms. The third kappa shape index (κ3) is 40.2. The van der Waals surface area contributed by atoms with E-state index < -0.39 is 0 Å². The van der Waals surface area contributed by atoms with Crippen LogP contribution in [0.2, 0.25) is 0 Å². The van der Waals surface area contributed by atoms with Gasteiger partial charge in [0, 0.05) is 174 Å². The zero-order chi connectivity index (χ0) is 57.4. The van der Waals surface area contributed by atoms with Crippen LogP contribution < -0.4 is 16.0 Å². The second kappa shape index (κ2) is 44.8. The van der Waals surface area contributed by atoms with Gasteiger partial charge in [0.1, 0.15) is 11.6 Å².